The van der Waals surface area contributed by atoms with Gasteiger partial charge in [0.1, 0.15) is 5.75 Å². The highest BCUT2D eigenvalue weighted by atomic mass is 16.7. The Kier molecular flexibility index (Phi) is 7.87. The summed E-state index contributed by atoms with van der Waals surface area (Å²) in [4.78, 5) is 27.3. The maximum absolute atomic E-state index is 13.8. The van der Waals surface area contributed by atoms with Crippen LogP contribution in [0, 0.1) is 6.92 Å². The Bertz CT molecular complexity index is 1410. The molecule has 0 aliphatic carbocycles. The zero-order valence-electron chi connectivity index (χ0n) is 22.7. The molecule has 0 saturated heterocycles. The zero-order chi connectivity index (χ0) is 28.3. The van der Waals surface area contributed by atoms with Gasteiger partial charge in [-0.05, 0) is 50.6 Å². The van der Waals surface area contributed by atoms with Gasteiger partial charge in [0, 0.05) is 11.1 Å². The smallest absolute Gasteiger partial charge is 0.344 e. The molecule has 1 amide bonds. The Labute approximate surface area is 226 Å². The number of fused-ring (bicyclic) bond motifs is 1. The lowest BCUT2D eigenvalue weighted by Crippen LogP contribution is -2.46. The van der Waals surface area contributed by atoms with E-state index in [1.165, 1.54) is 27.4 Å². The normalized spacial score (nSPS) is 12.1. The molecular weight excluding hydrogens is 506 g/mol. The van der Waals surface area contributed by atoms with Crippen LogP contribution in [0.4, 0.5) is 0 Å². The molecule has 10 nitrogen and oxygen atoms in total. The topological polar surface area (TPSA) is 122 Å². The number of methoxy groups -OCH3 is 3. The largest absolute Gasteiger partial charge is 0.493 e. The number of aliphatic hydroxyl groups is 1. The molecular formula is C29H31NO9. The molecule has 4 rings (SSSR count). The third-order valence-corrected chi connectivity index (χ3v) is 6.23. The number of aliphatic hydroxyl groups excluding tert-OH is 1. The summed E-state index contributed by atoms with van der Waals surface area (Å²) < 4.78 is 34.1. The molecule has 3 aromatic carbocycles. The highest BCUT2D eigenvalue weighted by molar-refractivity contribution is 6.10. The van der Waals surface area contributed by atoms with Crippen LogP contribution in [0.5, 0.6) is 34.5 Å². The summed E-state index contributed by atoms with van der Waals surface area (Å²) in [7, 11) is 4.27. The van der Waals surface area contributed by atoms with E-state index in [2.05, 4.69) is 5.32 Å². The molecule has 0 unspecified atom stereocenters. The fraction of sp³-hybridized carbons (Fsp3) is 0.310. The van der Waals surface area contributed by atoms with Crippen molar-refractivity contribution in [3.05, 3.63) is 59.2 Å². The summed E-state index contributed by atoms with van der Waals surface area (Å²) in [5.41, 5.74) is 0.416. The van der Waals surface area contributed by atoms with E-state index in [1.807, 2.05) is 19.1 Å². The first kappa shape index (κ1) is 27.6. The molecule has 0 saturated carbocycles. The lowest BCUT2D eigenvalue weighted by molar-refractivity contribution is 0.0732. The number of nitrogens with one attached hydrogen (secondary N) is 1. The Morgan fingerprint density at radius 2 is 1.64 bits per heavy atom. The lowest BCUT2D eigenvalue weighted by Gasteiger charge is -2.25. The minimum atomic E-state index is -0.932. The van der Waals surface area contributed by atoms with Gasteiger partial charge in [-0.1, -0.05) is 18.2 Å². The number of aryl methyl sites for hydroxylation is 1. The fourth-order valence-corrected chi connectivity index (χ4v) is 4.22. The van der Waals surface area contributed by atoms with Crippen molar-refractivity contribution in [1.82, 2.24) is 5.32 Å². The van der Waals surface area contributed by atoms with Crippen LogP contribution in [0.1, 0.15) is 40.1 Å². The third-order valence-electron chi connectivity index (χ3n) is 6.23. The van der Waals surface area contributed by atoms with Gasteiger partial charge in [0.15, 0.2) is 23.0 Å². The van der Waals surface area contributed by atoms with E-state index >= 15 is 0 Å². The summed E-state index contributed by atoms with van der Waals surface area (Å²) in [6.45, 7) is 4.79. The first-order chi connectivity index (χ1) is 18.6. The number of benzene rings is 3. The second-order valence-electron chi connectivity index (χ2n) is 9.44. The van der Waals surface area contributed by atoms with Crippen molar-refractivity contribution in [2.45, 2.75) is 26.3 Å². The number of carbonyl (C=O) groups is 2. The van der Waals surface area contributed by atoms with E-state index in [1.54, 1.807) is 38.1 Å². The van der Waals surface area contributed by atoms with E-state index in [0.29, 0.717) is 11.5 Å². The van der Waals surface area contributed by atoms with Crippen LogP contribution in [-0.2, 0) is 0 Å². The molecule has 1 aliphatic heterocycles. The second kappa shape index (κ2) is 11.1. The van der Waals surface area contributed by atoms with E-state index in [9.17, 15) is 14.7 Å². The van der Waals surface area contributed by atoms with E-state index in [-0.39, 0.29) is 58.7 Å². The van der Waals surface area contributed by atoms with Crippen LogP contribution in [0.2, 0.25) is 0 Å². The molecule has 206 valence electrons. The second-order valence-corrected chi connectivity index (χ2v) is 9.44. The minimum Gasteiger partial charge on any atom is -0.493 e. The average Bonchev–Trinajstić information content (AvgIpc) is 3.41. The van der Waals surface area contributed by atoms with Crippen LogP contribution in [0.3, 0.4) is 0 Å². The lowest BCUT2D eigenvalue weighted by atomic mass is 9.91. The van der Waals surface area contributed by atoms with Crippen LogP contribution >= 0.6 is 0 Å². The number of hydrogen-bond acceptors (Lipinski definition) is 9. The average molecular weight is 538 g/mol. The molecule has 0 fully saturated rings. The monoisotopic (exact) mass is 537 g/mol. The van der Waals surface area contributed by atoms with Crippen LogP contribution in [0.15, 0.2) is 42.5 Å². The molecule has 0 atom stereocenters. The maximum Gasteiger partial charge on any atom is 0.344 e. The third kappa shape index (κ3) is 5.28. The zero-order valence-corrected chi connectivity index (χ0v) is 22.7. The molecule has 39 heavy (non-hydrogen) atoms. The van der Waals surface area contributed by atoms with Gasteiger partial charge >= 0.3 is 5.97 Å². The number of ether oxygens (including phenoxy) is 6. The Hall–Kier alpha value is -4.44. The summed E-state index contributed by atoms with van der Waals surface area (Å²) in [5.74, 6) is 0.260. The summed E-state index contributed by atoms with van der Waals surface area (Å²) >= 11 is 0. The maximum atomic E-state index is 13.8. The molecule has 1 aliphatic rings. The minimum absolute atomic E-state index is 0.0344. The highest BCUT2D eigenvalue weighted by Gasteiger charge is 2.35. The number of esters is 1. The highest BCUT2D eigenvalue weighted by Crippen LogP contribution is 2.53. The van der Waals surface area contributed by atoms with Gasteiger partial charge in [0.2, 0.25) is 12.5 Å². The molecule has 1 heterocycles. The van der Waals surface area contributed by atoms with Crippen molar-refractivity contribution in [2.75, 3.05) is 34.7 Å². The van der Waals surface area contributed by atoms with Crippen LogP contribution < -0.4 is 33.7 Å². The first-order valence-electron chi connectivity index (χ1n) is 12.1. The van der Waals surface area contributed by atoms with Crippen molar-refractivity contribution < 1.29 is 43.1 Å². The Balaban J connectivity index is 2.03. The Morgan fingerprint density at radius 3 is 2.28 bits per heavy atom. The predicted molar refractivity (Wildman–Crippen MR) is 142 cm³/mol. The number of para-hydroxylation sites is 1. The van der Waals surface area contributed by atoms with Crippen LogP contribution in [0.25, 0.3) is 11.1 Å². The van der Waals surface area contributed by atoms with Crippen molar-refractivity contribution in [3.8, 4) is 45.6 Å². The van der Waals surface area contributed by atoms with E-state index in [4.69, 9.17) is 28.4 Å². The molecule has 0 aromatic heterocycles. The summed E-state index contributed by atoms with van der Waals surface area (Å²) in [6, 6.07) is 11.7. The van der Waals surface area contributed by atoms with Gasteiger partial charge in [-0.15, -0.1) is 0 Å². The quantitative estimate of drug-likeness (QED) is 0.306. The number of amides is 1. The molecule has 3 aromatic rings. The van der Waals surface area contributed by atoms with Gasteiger partial charge in [-0.3, -0.25) is 4.79 Å². The van der Waals surface area contributed by atoms with E-state index in [0.717, 1.165) is 5.56 Å². The van der Waals surface area contributed by atoms with Crippen LogP contribution in [-0.4, -0.2) is 57.3 Å². The van der Waals surface area contributed by atoms with Crippen molar-refractivity contribution in [1.29, 1.82) is 0 Å². The van der Waals surface area contributed by atoms with Gasteiger partial charge in [0.25, 0.3) is 5.91 Å². The summed E-state index contributed by atoms with van der Waals surface area (Å²) in [6.07, 6.45) is 0. The number of rotatable bonds is 9. The van der Waals surface area contributed by atoms with E-state index < -0.39 is 17.4 Å². The fourth-order valence-electron chi connectivity index (χ4n) is 4.22. The standard InChI is InChI=1S/C29H31NO9/c1-16-9-7-8-10-19(16)39-28(33)18-13-21(34-4)25(35-5)26(36-6)23(18)22-17(27(32)30-29(2,3)14-31)11-12-20-24(22)38-15-37-20/h7-13,31H,14-15H2,1-6H3,(H,30,32). The molecule has 0 radical (unpaired) electrons. The molecule has 0 bridgehead atoms. The van der Waals surface area contributed by atoms with Crippen molar-refractivity contribution in [2.24, 2.45) is 0 Å². The van der Waals surface area contributed by atoms with Crippen molar-refractivity contribution in [3.63, 3.8) is 0 Å². The van der Waals surface area contributed by atoms with Gasteiger partial charge in [-0.25, -0.2) is 4.79 Å². The molecule has 0 spiro atoms. The van der Waals surface area contributed by atoms with Gasteiger partial charge < -0.3 is 38.8 Å². The predicted octanol–water partition coefficient (Wildman–Crippen LogP) is 4.14. The SMILES string of the molecule is COc1cc(C(=O)Oc2ccccc2C)c(-c2c(C(=O)NC(C)(C)CO)ccc3c2OCO3)c(OC)c1OC. The first-order valence-corrected chi connectivity index (χ1v) is 12.1. The molecule has 10 heteroatoms. The number of carbonyl (C=O) groups excluding carboxylic acids is 2. The van der Waals surface area contributed by atoms with Gasteiger partial charge in [0.05, 0.1) is 44.6 Å². The van der Waals surface area contributed by atoms with Gasteiger partial charge in [-0.2, -0.15) is 0 Å². The van der Waals surface area contributed by atoms with Crippen molar-refractivity contribution >= 4 is 11.9 Å². The number of hydrogen-bond donors (Lipinski definition) is 2. The molecule has 2 N–H and O–H groups in total. The Morgan fingerprint density at radius 1 is 0.923 bits per heavy atom. The summed E-state index contributed by atoms with van der Waals surface area (Å²) in [5, 5.41) is 12.6.